The maximum atomic E-state index is 12.9. The second kappa shape index (κ2) is 9.54. The number of benzene rings is 1. The number of para-hydroxylation sites is 1. The van der Waals surface area contributed by atoms with Gasteiger partial charge in [-0.15, -0.1) is 0 Å². The number of ether oxygens (including phenoxy) is 1. The van der Waals surface area contributed by atoms with Gasteiger partial charge in [0.05, 0.1) is 12.2 Å². The maximum absolute atomic E-state index is 12.9. The van der Waals surface area contributed by atoms with E-state index in [2.05, 4.69) is 10.3 Å². The number of hydrogen-bond donors (Lipinski definition) is 1. The zero-order valence-electron chi connectivity index (χ0n) is 17.4. The van der Waals surface area contributed by atoms with Gasteiger partial charge in [-0.05, 0) is 57.4 Å². The molecular weight excluding hydrogens is 366 g/mol. The van der Waals surface area contributed by atoms with Crippen LogP contribution in [0, 0.1) is 12.8 Å². The molecule has 1 unspecified atom stereocenters. The van der Waals surface area contributed by atoms with Crippen molar-refractivity contribution in [2.24, 2.45) is 5.92 Å². The average Bonchev–Trinajstić information content (AvgIpc) is 2.72. The number of nitrogens with one attached hydrogen (secondary N) is 1. The smallest absolute Gasteiger partial charge is 0.272 e. The molecule has 2 aromatic rings. The summed E-state index contributed by atoms with van der Waals surface area (Å²) in [4.78, 5) is 31.4. The molecule has 1 N–H and O–H groups in total. The van der Waals surface area contributed by atoms with Crippen LogP contribution in [0.5, 0.6) is 5.75 Å². The van der Waals surface area contributed by atoms with E-state index in [-0.39, 0.29) is 23.8 Å². The third-order valence-corrected chi connectivity index (χ3v) is 5.04. The van der Waals surface area contributed by atoms with Gasteiger partial charge in [-0.25, -0.2) is 0 Å². The number of amides is 2. The number of likely N-dealkylation sites (tertiary alicyclic amines) is 1. The highest BCUT2D eigenvalue weighted by Gasteiger charge is 2.26. The molecule has 1 aromatic carbocycles. The van der Waals surface area contributed by atoms with Crippen molar-refractivity contribution in [1.29, 1.82) is 0 Å². The lowest BCUT2D eigenvalue weighted by molar-refractivity contribution is 0.0626. The van der Waals surface area contributed by atoms with E-state index in [1.165, 1.54) is 0 Å². The molecule has 29 heavy (non-hydrogen) atoms. The minimum absolute atomic E-state index is 0.0236. The minimum Gasteiger partial charge on any atom is -0.492 e. The van der Waals surface area contributed by atoms with E-state index < -0.39 is 0 Å². The van der Waals surface area contributed by atoms with E-state index in [0.29, 0.717) is 30.2 Å². The van der Waals surface area contributed by atoms with Crippen molar-refractivity contribution in [3.05, 3.63) is 59.4 Å². The molecule has 1 aliphatic rings. The quantitative estimate of drug-likeness (QED) is 0.813. The number of pyridine rings is 1. The number of piperidine rings is 1. The van der Waals surface area contributed by atoms with Gasteiger partial charge < -0.3 is 15.0 Å². The fraction of sp³-hybridized carbons (Fsp3) is 0.435. The highest BCUT2D eigenvalue weighted by Crippen LogP contribution is 2.23. The first-order valence-electron chi connectivity index (χ1n) is 10.2. The Morgan fingerprint density at radius 3 is 2.79 bits per heavy atom. The van der Waals surface area contributed by atoms with Crippen LogP contribution in [0.15, 0.2) is 42.6 Å². The third-order valence-electron chi connectivity index (χ3n) is 5.04. The molecule has 2 heterocycles. The van der Waals surface area contributed by atoms with Gasteiger partial charge in [0.25, 0.3) is 11.8 Å². The molecular formula is C23H29N3O3. The van der Waals surface area contributed by atoms with Gasteiger partial charge >= 0.3 is 0 Å². The Morgan fingerprint density at radius 2 is 2.03 bits per heavy atom. The van der Waals surface area contributed by atoms with Crippen LogP contribution >= 0.6 is 0 Å². The predicted octanol–water partition coefficient (Wildman–Crippen LogP) is 3.46. The Balaban J connectivity index is 1.63. The molecule has 0 aliphatic carbocycles. The zero-order chi connectivity index (χ0) is 20.8. The van der Waals surface area contributed by atoms with Crippen molar-refractivity contribution >= 4 is 11.8 Å². The van der Waals surface area contributed by atoms with E-state index in [0.717, 1.165) is 24.9 Å². The number of nitrogens with zero attached hydrogens (tertiary/aromatic N) is 2. The largest absolute Gasteiger partial charge is 0.492 e. The zero-order valence-corrected chi connectivity index (χ0v) is 17.4. The monoisotopic (exact) mass is 395 g/mol. The van der Waals surface area contributed by atoms with Gasteiger partial charge in [0, 0.05) is 31.2 Å². The summed E-state index contributed by atoms with van der Waals surface area (Å²) in [5.74, 6) is 0.638. The summed E-state index contributed by atoms with van der Waals surface area (Å²) in [5.41, 5.74) is 1.94. The van der Waals surface area contributed by atoms with Crippen LogP contribution in [-0.4, -0.2) is 47.4 Å². The van der Waals surface area contributed by atoms with Gasteiger partial charge in [0.15, 0.2) is 0 Å². The van der Waals surface area contributed by atoms with Crippen molar-refractivity contribution < 1.29 is 14.3 Å². The summed E-state index contributed by atoms with van der Waals surface area (Å²) in [6.45, 7) is 7.60. The SMILES string of the molecule is Cc1cccnc1C(=O)N1CCCC(COc2ccccc2C(=O)NC(C)C)C1. The Labute approximate surface area is 172 Å². The first-order valence-corrected chi connectivity index (χ1v) is 10.2. The molecule has 1 atom stereocenters. The summed E-state index contributed by atoms with van der Waals surface area (Å²) < 4.78 is 6.02. The fourth-order valence-corrected chi connectivity index (χ4v) is 3.57. The molecule has 1 fully saturated rings. The first kappa shape index (κ1) is 20.8. The molecule has 0 bridgehead atoms. The molecule has 0 spiro atoms. The summed E-state index contributed by atoms with van der Waals surface area (Å²) >= 11 is 0. The van der Waals surface area contributed by atoms with Gasteiger partial charge in [-0.2, -0.15) is 0 Å². The predicted molar refractivity (Wildman–Crippen MR) is 112 cm³/mol. The second-order valence-corrected chi connectivity index (χ2v) is 7.86. The van der Waals surface area contributed by atoms with E-state index in [9.17, 15) is 9.59 Å². The standard InChI is InChI=1S/C23H29N3O3/c1-16(2)25-22(27)19-10-4-5-11-20(19)29-15-18-9-7-13-26(14-18)23(28)21-17(3)8-6-12-24-21/h4-6,8,10-12,16,18H,7,9,13-15H2,1-3H3,(H,25,27). The Kier molecular flexibility index (Phi) is 6.86. The molecule has 1 aromatic heterocycles. The Bertz CT molecular complexity index is 866. The summed E-state index contributed by atoms with van der Waals surface area (Å²) in [6, 6.07) is 11.1. The van der Waals surface area contributed by atoms with Crippen molar-refractivity contribution in [2.45, 2.75) is 39.7 Å². The Morgan fingerprint density at radius 1 is 1.24 bits per heavy atom. The second-order valence-electron chi connectivity index (χ2n) is 7.86. The molecule has 2 amide bonds. The van der Waals surface area contributed by atoms with E-state index in [1.54, 1.807) is 12.3 Å². The number of aromatic nitrogens is 1. The lowest BCUT2D eigenvalue weighted by atomic mass is 9.98. The molecule has 154 valence electrons. The number of hydrogen-bond acceptors (Lipinski definition) is 4. The Hall–Kier alpha value is -2.89. The fourth-order valence-electron chi connectivity index (χ4n) is 3.57. The topological polar surface area (TPSA) is 71.5 Å². The van der Waals surface area contributed by atoms with Crippen LogP contribution in [0.2, 0.25) is 0 Å². The normalized spacial score (nSPS) is 16.6. The van der Waals surface area contributed by atoms with Crippen LogP contribution in [0.1, 0.15) is 53.1 Å². The maximum Gasteiger partial charge on any atom is 0.272 e. The lowest BCUT2D eigenvalue weighted by Gasteiger charge is -2.32. The molecule has 3 rings (SSSR count). The summed E-state index contributed by atoms with van der Waals surface area (Å²) in [7, 11) is 0. The van der Waals surface area contributed by atoms with Crippen molar-refractivity contribution in [3.8, 4) is 5.75 Å². The van der Waals surface area contributed by atoms with E-state index in [1.807, 2.05) is 56.0 Å². The van der Waals surface area contributed by atoms with Gasteiger partial charge in [0.1, 0.15) is 11.4 Å². The van der Waals surface area contributed by atoms with E-state index >= 15 is 0 Å². The van der Waals surface area contributed by atoms with Gasteiger partial charge in [-0.1, -0.05) is 18.2 Å². The van der Waals surface area contributed by atoms with Crippen LogP contribution in [0.25, 0.3) is 0 Å². The van der Waals surface area contributed by atoms with Crippen LogP contribution in [-0.2, 0) is 0 Å². The summed E-state index contributed by atoms with van der Waals surface area (Å²) in [6.07, 6.45) is 3.58. The number of carbonyl (C=O) groups excluding carboxylic acids is 2. The highest BCUT2D eigenvalue weighted by molar-refractivity contribution is 5.97. The average molecular weight is 396 g/mol. The molecule has 1 aliphatic heterocycles. The number of aryl methyl sites for hydroxylation is 1. The first-order chi connectivity index (χ1) is 14.0. The highest BCUT2D eigenvalue weighted by atomic mass is 16.5. The number of rotatable bonds is 6. The lowest BCUT2D eigenvalue weighted by Crippen LogP contribution is -2.42. The summed E-state index contributed by atoms with van der Waals surface area (Å²) in [5, 5.41) is 2.90. The minimum atomic E-state index is -0.137. The van der Waals surface area contributed by atoms with Crippen molar-refractivity contribution in [1.82, 2.24) is 15.2 Å². The molecule has 0 radical (unpaired) electrons. The van der Waals surface area contributed by atoms with E-state index in [4.69, 9.17) is 4.74 Å². The van der Waals surface area contributed by atoms with Gasteiger partial charge in [0.2, 0.25) is 0 Å². The molecule has 0 saturated carbocycles. The van der Waals surface area contributed by atoms with Crippen molar-refractivity contribution in [2.75, 3.05) is 19.7 Å². The van der Waals surface area contributed by atoms with Crippen LogP contribution < -0.4 is 10.1 Å². The third kappa shape index (κ3) is 5.34. The van der Waals surface area contributed by atoms with Crippen LogP contribution in [0.4, 0.5) is 0 Å². The van der Waals surface area contributed by atoms with Gasteiger partial charge in [-0.3, -0.25) is 14.6 Å². The molecule has 1 saturated heterocycles. The van der Waals surface area contributed by atoms with Crippen molar-refractivity contribution in [3.63, 3.8) is 0 Å². The molecule has 6 nitrogen and oxygen atoms in total. The van der Waals surface area contributed by atoms with Crippen LogP contribution in [0.3, 0.4) is 0 Å². The molecule has 6 heteroatoms. The number of carbonyl (C=O) groups is 2.